The Morgan fingerprint density at radius 3 is 2.45 bits per heavy atom. The maximum Gasteiger partial charge on any atom is 0.320 e. The molecule has 2 unspecified atom stereocenters. The summed E-state index contributed by atoms with van der Waals surface area (Å²) in [5, 5.41) is 11.6. The molecule has 1 saturated carbocycles. The molecular weight excluding hydrogens is 142 g/mol. The van der Waals surface area contributed by atoms with E-state index in [1.165, 1.54) is 12.8 Å². The predicted molar refractivity (Wildman–Crippen MR) is 42.4 cm³/mol. The number of rotatable bonds is 4. The smallest absolute Gasteiger partial charge is 0.320 e. The highest BCUT2D eigenvalue weighted by Gasteiger charge is 2.29. The fourth-order valence-electron chi connectivity index (χ4n) is 1.20. The van der Waals surface area contributed by atoms with Crippen molar-refractivity contribution in [1.29, 1.82) is 0 Å². The van der Waals surface area contributed by atoms with Gasteiger partial charge in [-0.05, 0) is 32.6 Å². The van der Waals surface area contributed by atoms with Gasteiger partial charge in [0.25, 0.3) is 0 Å². The van der Waals surface area contributed by atoms with Crippen LogP contribution in [0.25, 0.3) is 0 Å². The van der Waals surface area contributed by atoms with Crippen molar-refractivity contribution < 1.29 is 9.90 Å². The van der Waals surface area contributed by atoms with Crippen molar-refractivity contribution in [1.82, 2.24) is 5.32 Å². The van der Waals surface area contributed by atoms with Crippen LogP contribution in [0.5, 0.6) is 0 Å². The van der Waals surface area contributed by atoms with Crippen LogP contribution in [0.3, 0.4) is 0 Å². The molecule has 3 nitrogen and oxygen atoms in total. The molecule has 0 aromatic carbocycles. The van der Waals surface area contributed by atoms with Crippen molar-refractivity contribution in [2.24, 2.45) is 5.92 Å². The van der Waals surface area contributed by atoms with Crippen LogP contribution >= 0.6 is 0 Å². The molecule has 0 aliphatic heterocycles. The molecule has 0 amide bonds. The zero-order chi connectivity index (χ0) is 8.43. The monoisotopic (exact) mass is 157 g/mol. The van der Waals surface area contributed by atoms with Crippen LogP contribution in [0.4, 0.5) is 0 Å². The van der Waals surface area contributed by atoms with Crippen LogP contribution in [0.1, 0.15) is 26.7 Å². The fourth-order valence-corrected chi connectivity index (χ4v) is 1.20. The van der Waals surface area contributed by atoms with Gasteiger partial charge in [-0.2, -0.15) is 0 Å². The Morgan fingerprint density at radius 1 is 1.55 bits per heavy atom. The molecule has 1 fully saturated rings. The third-order valence-electron chi connectivity index (χ3n) is 2.21. The number of carboxylic acids is 1. The SMILES string of the molecule is CC(NC(C)C1CC1)C(=O)O. The van der Waals surface area contributed by atoms with E-state index in [4.69, 9.17) is 5.11 Å². The molecule has 0 heterocycles. The lowest BCUT2D eigenvalue weighted by Crippen LogP contribution is -2.40. The average molecular weight is 157 g/mol. The van der Waals surface area contributed by atoms with E-state index in [1.54, 1.807) is 6.92 Å². The van der Waals surface area contributed by atoms with Gasteiger partial charge in [-0.25, -0.2) is 0 Å². The van der Waals surface area contributed by atoms with Gasteiger partial charge in [-0.3, -0.25) is 4.79 Å². The molecule has 2 atom stereocenters. The lowest BCUT2D eigenvalue weighted by atomic mass is 10.2. The standard InChI is InChI=1S/C8H15NO2/c1-5(7-3-4-7)9-6(2)8(10)11/h5-7,9H,3-4H2,1-2H3,(H,10,11). The van der Waals surface area contributed by atoms with Crippen LogP contribution < -0.4 is 5.32 Å². The highest BCUT2D eigenvalue weighted by Crippen LogP contribution is 2.32. The number of nitrogens with one attached hydrogen (secondary N) is 1. The van der Waals surface area contributed by atoms with Gasteiger partial charge < -0.3 is 10.4 Å². The van der Waals surface area contributed by atoms with Gasteiger partial charge in [0.15, 0.2) is 0 Å². The lowest BCUT2D eigenvalue weighted by Gasteiger charge is -2.15. The van der Waals surface area contributed by atoms with Crippen molar-refractivity contribution in [3.05, 3.63) is 0 Å². The average Bonchev–Trinajstić information content (AvgIpc) is 2.67. The summed E-state index contributed by atoms with van der Waals surface area (Å²) in [6.45, 7) is 3.73. The maximum absolute atomic E-state index is 10.4. The first kappa shape index (κ1) is 8.53. The first-order chi connectivity index (χ1) is 5.11. The van der Waals surface area contributed by atoms with Crippen LogP contribution in [0, 0.1) is 5.92 Å². The van der Waals surface area contributed by atoms with Crippen LogP contribution in [0.2, 0.25) is 0 Å². The van der Waals surface area contributed by atoms with Crippen molar-refractivity contribution in [3.8, 4) is 0 Å². The number of carboxylic acid groups (broad SMARTS) is 1. The molecule has 64 valence electrons. The second-order valence-electron chi connectivity index (χ2n) is 3.35. The molecule has 1 aliphatic rings. The Balaban J connectivity index is 2.22. The van der Waals surface area contributed by atoms with Gasteiger partial charge in [-0.1, -0.05) is 0 Å². The molecule has 3 heteroatoms. The summed E-state index contributed by atoms with van der Waals surface area (Å²) < 4.78 is 0. The minimum Gasteiger partial charge on any atom is -0.480 e. The fraction of sp³-hybridized carbons (Fsp3) is 0.875. The number of aliphatic carboxylic acids is 1. The van der Waals surface area contributed by atoms with Crippen LogP contribution in [0.15, 0.2) is 0 Å². The highest BCUT2D eigenvalue weighted by molar-refractivity contribution is 5.72. The lowest BCUT2D eigenvalue weighted by molar-refractivity contribution is -0.139. The van der Waals surface area contributed by atoms with Gasteiger partial charge in [0.2, 0.25) is 0 Å². The van der Waals surface area contributed by atoms with Crippen molar-refractivity contribution in [2.45, 2.75) is 38.8 Å². The summed E-state index contributed by atoms with van der Waals surface area (Å²) in [6, 6.07) is -0.0494. The van der Waals surface area contributed by atoms with E-state index in [-0.39, 0.29) is 0 Å². The minimum atomic E-state index is -0.766. The van der Waals surface area contributed by atoms with E-state index in [9.17, 15) is 4.79 Å². The molecule has 0 radical (unpaired) electrons. The first-order valence-electron chi connectivity index (χ1n) is 4.10. The van der Waals surface area contributed by atoms with Crippen molar-refractivity contribution in [3.63, 3.8) is 0 Å². The zero-order valence-corrected chi connectivity index (χ0v) is 7.00. The normalized spacial score (nSPS) is 22.7. The summed E-state index contributed by atoms with van der Waals surface area (Å²) >= 11 is 0. The van der Waals surface area contributed by atoms with E-state index in [1.807, 2.05) is 0 Å². The second-order valence-corrected chi connectivity index (χ2v) is 3.35. The zero-order valence-electron chi connectivity index (χ0n) is 7.00. The van der Waals surface area contributed by atoms with Gasteiger partial charge >= 0.3 is 5.97 Å². The summed E-state index contributed by atoms with van der Waals surface area (Å²) in [4.78, 5) is 10.4. The number of hydrogen-bond acceptors (Lipinski definition) is 2. The maximum atomic E-state index is 10.4. The minimum absolute atomic E-state index is 0.362. The Kier molecular flexibility index (Phi) is 2.49. The molecule has 0 spiro atoms. The van der Waals surface area contributed by atoms with E-state index in [0.29, 0.717) is 6.04 Å². The van der Waals surface area contributed by atoms with Gasteiger partial charge in [0.05, 0.1) is 0 Å². The Labute approximate surface area is 66.8 Å². The Morgan fingerprint density at radius 2 is 2.09 bits per heavy atom. The number of carbonyl (C=O) groups is 1. The molecule has 0 aromatic heterocycles. The Hall–Kier alpha value is -0.570. The highest BCUT2D eigenvalue weighted by atomic mass is 16.4. The third-order valence-corrected chi connectivity index (χ3v) is 2.21. The largest absolute Gasteiger partial charge is 0.480 e. The topological polar surface area (TPSA) is 49.3 Å². The van der Waals surface area contributed by atoms with Gasteiger partial charge in [0.1, 0.15) is 6.04 Å². The predicted octanol–water partition coefficient (Wildman–Crippen LogP) is 0.848. The second kappa shape index (κ2) is 3.22. The summed E-state index contributed by atoms with van der Waals surface area (Å²) in [7, 11) is 0. The molecule has 0 aromatic rings. The molecule has 1 rings (SSSR count). The van der Waals surface area contributed by atoms with Crippen molar-refractivity contribution >= 4 is 5.97 Å². The summed E-state index contributed by atoms with van der Waals surface area (Å²) in [6.07, 6.45) is 2.50. The van der Waals surface area contributed by atoms with E-state index in [0.717, 1.165) is 5.92 Å². The quantitative estimate of drug-likeness (QED) is 0.636. The Bertz CT molecular complexity index is 154. The van der Waals surface area contributed by atoms with E-state index < -0.39 is 12.0 Å². The molecule has 11 heavy (non-hydrogen) atoms. The molecule has 0 bridgehead atoms. The van der Waals surface area contributed by atoms with Gasteiger partial charge in [-0.15, -0.1) is 0 Å². The molecular formula is C8H15NO2. The van der Waals surface area contributed by atoms with Gasteiger partial charge in [0, 0.05) is 6.04 Å². The molecule has 2 N–H and O–H groups in total. The summed E-state index contributed by atoms with van der Waals surface area (Å²) in [5.74, 6) is -0.0469. The molecule has 1 aliphatic carbocycles. The third kappa shape index (κ3) is 2.50. The molecule has 0 saturated heterocycles. The van der Waals surface area contributed by atoms with Crippen LogP contribution in [-0.4, -0.2) is 23.2 Å². The summed E-state index contributed by atoms with van der Waals surface area (Å²) in [5.41, 5.74) is 0. The van der Waals surface area contributed by atoms with Crippen LogP contribution in [-0.2, 0) is 4.79 Å². The first-order valence-corrected chi connectivity index (χ1v) is 4.10. The number of hydrogen-bond donors (Lipinski definition) is 2. The van der Waals surface area contributed by atoms with Crippen molar-refractivity contribution in [2.75, 3.05) is 0 Å². The van der Waals surface area contributed by atoms with E-state index >= 15 is 0 Å². The van der Waals surface area contributed by atoms with E-state index in [2.05, 4.69) is 12.2 Å².